The van der Waals surface area contributed by atoms with Crippen molar-refractivity contribution in [2.45, 2.75) is 39.4 Å². The van der Waals surface area contributed by atoms with Gasteiger partial charge in [0.05, 0.1) is 0 Å². The largest absolute Gasteiger partial charge is 1.00 e. The Labute approximate surface area is 78.2 Å². The fourth-order valence-corrected chi connectivity index (χ4v) is 3.36. The van der Waals surface area contributed by atoms with Crippen LogP contribution in [0.2, 0.25) is 19.1 Å². The number of hydrogen-bond donors (Lipinski definition) is 0. The maximum absolute atomic E-state index is 4.59. The summed E-state index contributed by atoms with van der Waals surface area (Å²) in [5.74, 6) is 0. The molecule has 1 nitrogen and oxygen atoms in total. The number of rotatable bonds is 4. The van der Waals surface area contributed by atoms with Gasteiger partial charge in [-0.25, -0.2) is 0 Å². The molecule has 3 heteroatoms. The summed E-state index contributed by atoms with van der Waals surface area (Å²) in [5, 5.41) is 0. The number of nitrogens with zero attached hydrogens (tertiary/aromatic N) is 1. The molecule has 0 aromatic rings. The Morgan fingerprint density at radius 3 is 2.00 bits per heavy atom. The summed E-state index contributed by atoms with van der Waals surface area (Å²) in [6, 6.07) is 1.35. The zero-order chi connectivity index (χ0) is 7.33. The molecule has 0 saturated heterocycles. The van der Waals surface area contributed by atoms with Gasteiger partial charge in [-0.15, -0.1) is 0 Å². The molecule has 0 rings (SSSR count). The molecule has 0 aromatic carbocycles. The minimum atomic E-state index is -1.08. The predicted octanol–water partition coefficient (Wildman–Crippen LogP) is -0.000900. The first-order valence-corrected chi connectivity index (χ1v) is 6.96. The normalized spacial score (nSPS) is 10.8. The molecule has 0 aromatic heterocycles. The molecule has 0 bridgehead atoms. The second kappa shape index (κ2) is 6.48. The van der Waals surface area contributed by atoms with Crippen LogP contribution < -0.4 is 18.9 Å². The fourth-order valence-electron chi connectivity index (χ4n) is 1.12. The van der Waals surface area contributed by atoms with Crippen LogP contribution in [-0.4, -0.2) is 14.8 Å². The first-order chi connectivity index (χ1) is 4.12. The second-order valence-electron chi connectivity index (χ2n) is 3.04. The maximum atomic E-state index is 4.59. The molecule has 0 heterocycles. The molecule has 0 saturated carbocycles. The minimum absolute atomic E-state index is 0. The van der Waals surface area contributed by atoms with Crippen LogP contribution in [0.5, 0.6) is 0 Å². The van der Waals surface area contributed by atoms with E-state index >= 15 is 0 Å². The van der Waals surface area contributed by atoms with Crippen molar-refractivity contribution in [3.63, 3.8) is 0 Å². The molecule has 0 aliphatic carbocycles. The van der Waals surface area contributed by atoms with Crippen molar-refractivity contribution in [1.29, 1.82) is 0 Å². The third-order valence-electron chi connectivity index (χ3n) is 1.45. The molecule has 0 unspecified atom stereocenters. The molecule has 10 heavy (non-hydrogen) atoms. The third kappa shape index (κ3) is 6.89. The first-order valence-electron chi connectivity index (χ1n) is 3.81. The molecule has 0 spiro atoms. The standard InChI is InChI=1S/C7H18NSi.Li/c1-5-7-9(3,4)8-6-2;/h5-7H2,1-4H3;/q-1;+1. The van der Waals surface area contributed by atoms with Crippen molar-refractivity contribution >= 4 is 8.24 Å². The summed E-state index contributed by atoms with van der Waals surface area (Å²) < 4.78 is 0. The van der Waals surface area contributed by atoms with Gasteiger partial charge in [0.25, 0.3) is 0 Å². The van der Waals surface area contributed by atoms with Crippen molar-refractivity contribution in [3.8, 4) is 0 Å². The smallest absolute Gasteiger partial charge is 0.665 e. The molecule has 0 fully saturated rings. The van der Waals surface area contributed by atoms with Crippen molar-refractivity contribution < 1.29 is 18.9 Å². The summed E-state index contributed by atoms with van der Waals surface area (Å²) in [6.45, 7) is 10.0. The average molecular weight is 151 g/mol. The summed E-state index contributed by atoms with van der Waals surface area (Å²) in [7, 11) is -1.08. The molecule has 0 aliphatic heterocycles. The van der Waals surface area contributed by atoms with Crippen LogP contribution >= 0.6 is 0 Å². The summed E-state index contributed by atoms with van der Waals surface area (Å²) in [6.07, 6.45) is 1.29. The van der Waals surface area contributed by atoms with Gasteiger partial charge in [0.2, 0.25) is 0 Å². The molecule has 0 amide bonds. The van der Waals surface area contributed by atoms with Gasteiger partial charge in [-0.05, 0) is 0 Å². The predicted molar refractivity (Wildman–Crippen MR) is 46.5 cm³/mol. The van der Waals surface area contributed by atoms with Crippen molar-refractivity contribution in [2.24, 2.45) is 0 Å². The summed E-state index contributed by atoms with van der Waals surface area (Å²) in [5.41, 5.74) is 0. The van der Waals surface area contributed by atoms with E-state index in [0.717, 1.165) is 6.54 Å². The van der Waals surface area contributed by atoms with Crippen LogP contribution in [0.15, 0.2) is 0 Å². The van der Waals surface area contributed by atoms with E-state index in [4.69, 9.17) is 0 Å². The van der Waals surface area contributed by atoms with Crippen LogP contribution in [-0.2, 0) is 0 Å². The van der Waals surface area contributed by atoms with E-state index in [1.165, 1.54) is 12.5 Å². The third-order valence-corrected chi connectivity index (χ3v) is 4.34. The van der Waals surface area contributed by atoms with E-state index in [1.807, 2.05) is 0 Å². The van der Waals surface area contributed by atoms with Crippen LogP contribution in [0.4, 0.5) is 0 Å². The molecule has 56 valence electrons. The van der Waals surface area contributed by atoms with E-state index in [-0.39, 0.29) is 18.9 Å². The van der Waals surface area contributed by atoms with E-state index in [2.05, 4.69) is 31.9 Å². The molecule has 0 radical (unpaired) electrons. The first kappa shape index (κ1) is 13.4. The summed E-state index contributed by atoms with van der Waals surface area (Å²) in [4.78, 5) is 4.59. The van der Waals surface area contributed by atoms with Gasteiger partial charge in [0.15, 0.2) is 0 Å². The quantitative estimate of drug-likeness (QED) is 0.502. The molecule has 0 N–H and O–H groups in total. The second-order valence-corrected chi connectivity index (χ2v) is 7.48. The minimum Gasteiger partial charge on any atom is -0.665 e. The average Bonchev–Trinajstić information content (AvgIpc) is 1.64. The SMILES string of the molecule is CCC[Si](C)(C)[N-]CC.[Li+]. The van der Waals surface area contributed by atoms with E-state index in [9.17, 15) is 0 Å². The van der Waals surface area contributed by atoms with Crippen molar-refractivity contribution in [2.75, 3.05) is 6.54 Å². The maximum Gasteiger partial charge on any atom is 1.00 e. The molecule has 0 atom stereocenters. The van der Waals surface area contributed by atoms with Gasteiger partial charge in [0.1, 0.15) is 0 Å². The Morgan fingerprint density at radius 2 is 1.70 bits per heavy atom. The Morgan fingerprint density at radius 1 is 1.20 bits per heavy atom. The van der Waals surface area contributed by atoms with Gasteiger partial charge in [0, 0.05) is 0 Å². The Kier molecular flexibility index (Phi) is 8.67. The Hall–Kier alpha value is 0.774. The Balaban J connectivity index is 0. The van der Waals surface area contributed by atoms with Crippen LogP contribution in [0.1, 0.15) is 20.3 Å². The van der Waals surface area contributed by atoms with E-state index < -0.39 is 8.24 Å². The number of hydrogen-bond acceptors (Lipinski definition) is 0. The van der Waals surface area contributed by atoms with Gasteiger partial charge in [-0.1, -0.05) is 47.6 Å². The topological polar surface area (TPSA) is 14.1 Å². The zero-order valence-electron chi connectivity index (χ0n) is 8.07. The summed E-state index contributed by atoms with van der Waals surface area (Å²) >= 11 is 0. The van der Waals surface area contributed by atoms with E-state index in [1.54, 1.807) is 0 Å². The van der Waals surface area contributed by atoms with Gasteiger partial charge < -0.3 is 4.98 Å². The van der Waals surface area contributed by atoms with Gasteiger partial charge >= 0.3 is 18.9 Å². The van der Waals surface area contributed by atoms with Gasteiger partial charge in [-0.3, -0.25) is 0 Å². The van der Waals surface area contributed by atoms with Crippen LogP contribution in [0.3, 0.4) is 0 Å². The van der Waals surface area contributed by atoms with E-state index in [0.29, 0.717) is 0 Å². The van der Waals surface area contributed by atoms with Crippen LogP contribution in [0.25, 0.3) is 4.98 Å². The van der Waals surface area contributed by atoms with Crippen molar-refractivity contribution in [1.82, 2.24) is 0 Å². The Bertz CT molecular complexity index is 68.0. The van der Waals surface area contributed by atoms with Crippen LogP contribution in [0, 0.1) is 0 Å². The molecular weight excluding hydrogens is 133 g/mol. The molecule has 0 aliphatic rings. The van der Waals surface area contributed by atoms with Gasteiger partial charge in [-0.2, -0.15) is 6.54 Å². The molecular formula is C7H18LiNSi. The zero-order valence-corrected chi connectivity index (χ0v) is 9.07. The monoisotopic (exact) mass is 151 g/mol. The fraction of sp³-hybridized carbons (Fsp3) is 1.00. The van der Waals surface area contributed by atoms with Crippen molar-refractivity contribution in [3.05, 3.63) is 4.98 Å².